The lowest BCUT2D eigenvalue weighted by Crippen LogP contribution is -2.08. The number of benzene rings is 2. The third-order valence-electron chi connectivity index (χ3n) is 3.46. The van der Waals surface area contributed by atoms with E-state index in [9.17, 15) is 4.79 Å². The SMILES string of the molecule is CN(C)c1ccc(/C=C2\Nc3ccc([125I])cc3C2=O)cc1. The molecule has 0 amide bonds. The van der Waals surface area contributed by atoms with Crippen LogP contribution in [0.4, 0.5) is 11.4 Å². The molecule has 0 aliphatic carbocycles. The Morgan fingerprint density at radius 1 is 1.10 bits per heavy atom. The van der Waals surface area contributed by atoms with Crippen molar-refractivity contribution in [2.45, 2.75) is 0 Å². The lowest BCUT2D eigenvalue weighted by atomic mass is 10.1. The lowest BCUT2D eigenvalue weighted by Gasteiger charge is -2.11. The van der Waals surface area contributed by atoms with Crippen LogP contribution < -0.4 is 10.2 Å². The summed E-state index contributed by atoms with van der Waals surface area (Å²) < 4.78 is 1.07. The first-order chi connectivity index (χ1) is 10.0. The van der Waals surface area contributed by atoms with Crippen molar-refractivity contribution in [3.8, 4) is 0 Å². The predicted octanol–water partition coefficient (Wildman–Crippen LogP) is 4.01. The van der Waals surface area contributed by atoms with E-state index < -0.39 is 0 Å². The number of carbonyl (C=O) groups excluding carboxylic acids is 1. The first-order valence-electron chi connectivity index (χ1n) is 6.65. The van der Waals surface area contributed by atoms with Crippen LogP contribution in [0.15, 0.2) is 48.2 Å². The van der Waals surface area contributed by atoms with Crippen LogP contribution in [-0.2, 0) is 0 Å². The van der Waals surface area contributed by atoms with Gasteiger partial charge in [0.05, 0.1) is 5.70 Å². The minimum absolute atomic E-state index is 0.0557. The molecular formula is C17H15IN2O. The number of fused-ring (bicyclic) bond motifs is 1. The third kappa shape index (κ3) is 2.81. The van der Waals surface area contributed by atoms with Gasteiger partial charge in [-0.15, -0.1) is 0 Å². The van der Waals surface area contributed by atoms with Crippen LogP contribution >= 0.6 is 22.6 Å². The molecule has 1 heterocycles. The molecule has 1 aliphatic rings. The molecule has 1 N–H and O–H groups in total. The minimum atomic E-state index is 0.0557. The quantitative estimate of drug-likeness (QED) is 0.624. The van der Waals surface area contributed by atoms with E-state index in [0.717, 1.165) is 26.1 Å². The fraction of sp³-hybridized carbons (Fsp3) is 0.118. The van der Waals surface area contributed by atoms with Crippen molar-refractivity contribution in [1.82, 2.24) is 0 Å². The Hall–Kier alpha value is -1.82. The smallest absolute Gasteiger partial charge is 0.211 e. The van der Waals surface area contributed by atoms with Gasteiger partial charge < -0.3 is 10.2 Å². The lowest BCUT2D eigenvalue weighted by molar-refractivity contribution is 0.104. The molecule has 2 aromatic carbocycles. The average Bonchev–Trinajstić information content (AvgIpc) is 2.76. The minimum Gasteiger partial charge on any atom is -0.378 e. The molecule has 0 spiro atoms. The van der Waals surface area contributed by atoms with Gasteiger partial charge in [0.1, 0.15) is 0 Å². The molecule has 106 valence electrons. The van der Waals surface area contributed by atoms with E-state index in [0.29, 0.717) is 5.70 Å². The van der Waals surface area contributed by atoms with E-state index in [1.165, 1.54) is 0 Å². The van der Waals surface area contributed by atoms with Gasteiger partial charge in [0.25, 0.3) is 0 Å². The second-order valence-electron chi connectivity index (χ2n) is 5.19. The summed E-state index contributed by atoms with van der Waals surface area (Å²) in [5.41, 5.74) is 4.42. The molecule has 0 atom stereocenters. The molecule has 0 fully saturated rings. The molecule has 2 aromatic rings. The molecule has 0 unspecified atom stereocenters. The van der Waals surface area contributed by atoms with Gasteiger partial charge >= 0.3 is 0 Å². The Balaban J connectivity index is 1.90. The third-order valence-corrected chi connectivity index (χ3v) is 4.13. The van der Waals surface area contributed by atoms with E-state index in [-0.39, 0.29) is 5.78 Å². The zero-order chi connectivity index (χ0) is 15.0. The van der Waals surface area contributed by atoms with Crippen molar-refractivity contribution in [1.29, 1.82) is 0 Å². The summed E-state index contributed by atoms with van der Waals surface area (Å²) in [5, 5.41) is 3.20. The van der Waals surface area contributed by atoms with Gasteiger partial charge in [-0.2, -0.15) is 0 Å². The number of rotatable bonds is 2. The fourth-order valence-electron chi connectivity index (χ4n) is 2.30. The number of hydrogen-bond donors (Lipinski definition) is 1. The number of hydrogen-bond acceptors (Lipinski definition) is 3. The Bertz CT molecular complexity index is 733. The largest absolute Gasteiger partial charge is 0.378 e. The summed E-state index contributed by atoms with van der Waals surface area (Å²) in [6, 6.07) is 14.0. The number of nitrogens with zero attached hydrogens (tertiary/aromatic N) is 1. The topological polar surface area (TPSA) is 32.3 Å². The zero-order valence-electron chi connectivity index (χ0n) is 11.9. The molecule has 21 heavy (non-hydrogen) atoms. The molecule has 3 rings (SSSR count). The van der Waals surface area contributed by atoms with Crippen molar-refractivity contribution in [2.75, 3.05) is 24.3 Å². The van der Waals surface area contributed by atoms with Crippen molar-refractivity contribution >= 4 is 45.8 Å². The van der Waals surface area contributed by atoms with Crippen molar-refractivity contribution in [3.05, 3.63) is 62.9 Å². The van der Waals surface area contributed by atoms with Gasteiger partial charge in [0.2, 0.25) is 5.78 Å². The van der Waals surface area contributed by atoms with Crippen molar-refractivity contribution < 1.29 is 4.79 Å². The Morgan fingerprint density at radius 2 is 1.81 bits per heavy atom. The second kappa shape index (κ2) is 5.52. The standard InChI is InChI=1S/C17H15IN2O/c1-20(2)13-6-3-11(4-7-13)9-16-17(21)14-10-12(18)5-8-15(14)19-16/h3-10,19H,1-2H3/b16-9-/i18-2. The highest BCUT2D eigenvalue weighted by atomic mass is 125. The Labute approximate surface area is 137 Å². The van der Waals surface area contributed by atoms with Crippen LogP contribution in [0.3, 0.4) is 0 Å². The number of halogens is 1. The van der Waals surface area contributed by atoms with E-state index in [1.54, 1.807) is 0 Å². The summed E-state index contributed by atoms with van der Waals surface area (Å²) in [5.74, 6) is 0.0557. The first kappa shape index (κ1) is 14.1. The zero-order valence-corrected chi connectivity index (χ0v) is 14.0. The number of anilines is 2. The summed E-state index contributed by atoms with van der Waals surface area (Å²) >= 11 is 2.22. The molecule has 3 nitrogen and oxygen atoms in total. The van der Waals surface area contributed by atoms with Crippen LogP contribution in [0.2, 0.25) is 0 Å². The summed E-state index contributed by atoms with van der Waals surface area (Å²) in [6.45, 7) is 0. The van der Waals surface area contributed by atoms with Crippen LogP contribution in [0.25, 0.3) is 6.08 Å². The van der Waals surface area contributed by atoms with Crippen LogP contribution in [0.1, 0.15) is 15.9 Å². The summed E-state index contributed by atoms with van der Waals surface area (Å²) in [6.07, 6.45) is 1.90. The maximum Gasteiger partial charge on any atom is 0.211 e. The number of ketones is 1. The average molecular weight is 388 g/mol. The van der Waals surface area contributed by atoms with Gasteiger partial charge in [-0.25, -0.2) is 0 Å². The maximum absolute atomic E-state index is 12.4. The highest BCUT2D eigenvalue weighted by molar-refractivity contribution is 14.1. The number of allylic oxidation sites excluding steroid dienone is 1. The fourth-order valence-corrected chi connectivity index (χ4v) is 2.79. The molecule has 0 radical (unpaired) electrons. The molecule has 0 saturated heterocycles. The van der Waals surface area contributed by atoms with Crippen molar-refractivity contribution in [2.24, 2.45) is 0 Å². The predicted molar refractivity (Wildman–Crippen MR) is 95.9 cm³/mol. The normalized spacial score (nSPS) is 15.0. The highest BCUT2D eigenvalue weighted by Gasteiger charge is 2.24. The van der Waals surface area contributed by atoms with Crippen molar-refractivity contribution in [3.63, 3.8) is 0 Å². The highest BCUT2D eigenvalue weighted by Crippen LogP contribution is 2.30. The monoisotopic (exact) mass is 388 g/mol. The summed E-state index contributed by atoms with van der Waals surface area (Å²) in [4.78, 5) is 14.4. The van der Waals surface area contributed by atoms with Crippen LogP contribution in [0.5, 0.6) is 0 Å². The maximum atomic E-state index is 12.4. The van der Waals surface area contributed by atoms with Gasteiger partial charge in [-0.1, -0.05) is 12.1 Å². The van der Waals surface area contributed by atoms with E-state index in [2.05, 4.69) is 27.9 Å². The van der Waals surface area contributed by atoms with Crippen LogP contribution in [-0.4, -0.2) is 19.9 Å². The number of carbonyl (C=O) groups is 1. The Morgan fingerprint density at radius 3 is 2.48 bits per heavy atom. The van der Waals surface area contributed by atoms with E-state index in [4.69, 9.17) is 0 Å². The number of nitrogens with one attached hydrogen (secondary N) is 1. The first-order valence-corrected chi connectivity index (χ1v) is 7.73. The van der Waals surface area contributed by atoms with Gasteiger partial charge in [0, 0.05) is 34.6 Å². The van der Waals surface area contributed by atoms with Gasteiger partial charge in [-0.05, 0) is 64.6 Å². The van der Waals surface area contributed by atoms with E-state index >= 15 is 0 Å². The van der Waals surface area contributed by atoms with Gasteiger partial charge in [-0.3, -0.25) is 4.79 Å². The molecule has 4 heteroatoms. The van der Waals surface area contributed by atoms with Crippen LogP contribution in [0, 0.1) is 3.57 Å². The molecular weight excluding hydrogens is 373 g/mol. The summed E-state index contributed by atoms with van der Waals surface area (Å²) in [7, 11) is 4.02. The molecule has 0 aromatic heterocycles. The molecule has 0 saturated carbocycles. The molecule has 1 aliphatic heterocycles. The Kier molecular flexibility index (Phi) is 3.71. The van der Waals surface area contributed by atoms with Gasteiger partial charge in [0.15, 0.2) is 0 Å². The van der Waals surface area contributed by atoms with E-state index in [1.807, 2.05) is 67.5 Å². The second-order valence-corrected chi connectivity index (χ2v) is 6.43. The molecule has 0 bridgehead atoms. The number of Topliss-reactive ketones (excluding diaryl/α,β-unsaturated/α-hetero) is 1.